The number of aromatic nitrogens is 2. The SMILES string of the molecule is CC(C)(C)n1nc(NCC2CC2)c(C#N)c1N. The molecule has 0 radical (unpaired) electrons. The van der Waals surface area contributed by atoms with E-state index in [-0.39, 0.29) is 5.54 Å². The average molecular weight is 233 g/mol. The van der Waals surface area contributed by atoms with Crippen molar-refractivity contribution in [2.24, 2.45) is 5.92 Å². The summed E-state index contributed by atoms with van der Waals surface area (Å²) in [4.78, 5) is 0. The second-order valence-electron chi connectivity index (χ2n) is 5.63. The van der Waals surface area contributed by atoms with Crippen LogP contribution in [0, 0.1) is 17.2 Å². The second kappa shape index (κ2) is 3.95. The molecule has 0 bridgehead atoms. The van der Waals surface area contributed by atoms with Crippen molar-refractivity contribution in [1.29, 1.82) is 5.26 Å². The Kier molecular flexibility index (Phi) is 2.74. The summed E-state index contributed by atoms with van der Waals surface area (Å²) in [5.74, 6) is 1.80. The van der Waals surface area contributed by atoms with Gasteiger partial charge in [0.25, 0.3) is 0 Å². The highest BCUT2D eigenvalue weighted by Crippen LogP contribution is 2.31. The Hall–Kier alpha value is -1.70. The third-order valence-corrected chi connectivity index (χ3v) is 2.92. The molecule has 0 unspecified atom stereocenters. The van der Waals surface area contributed by atoms with Crippen LogP contribution in [0.1, 0.15) is 39.2 Å². The molecule has 0 spiro atoms. The molecule has 1 saturated carbocycles. The van der Waals surface area contributed by atoms with Crippen LogP contribution in [-0.4, -0.2) is 16.3 Å². The molecule has 1 aromatic rings. The minimum absolute atomic E-state index is 0.213. The topological polar surface area (TPSA) is 79.7 Å². The van der Waals surface area contributed by atoms with Crippen molar-refractivity contribution < 1.29 is 0 Å². The Morgan fingerprint density at radius 3 is 2.65 bits per heavy atom. The number of nitrogen functional groups attached to an aromatic ring is 1. The standard InChI is InChI=1S/C12H19N5/c1-12(2,3)17-10(14)9(6-13)11(16-17)15-7-8-4-5-8/h8H,4-5,7,14H2,1-3H3,(H,15,16). The summed E-state index contributed by atoms with van der Waals surface area (Å²) in [7, 11) is 0. The van der Waals surface area contributed by atoms with E-state index in [1.165, 1.54) is 12.8 Å². The first-order valence-corrected chi connectivity index (χ1v) is 5.96. The van der Waals surface area contributed by atoms with Gasteiger partial charge in [0, 0.05) is 6.54 Å². The van der Waals surface area contributed by atoms with Crippen molar-refractivity contribution in [3.63, 3.8) is 0 Å². The van der Waals surface area contributed by atoms with Gasteiger partial charge in [0.2, 0.25) is 0 Å². The van der Waals surface area contributed by atoms with Crippen molar-refractivity contribution in [2.45, 2.75) is 39.2 Å². The number of hydrogen-bond donors (Lipinski definition) is 2. The van der Waals surface area contributed by atoms with Crippen LogP contribution in [0.25, 0.3) is 0 Å². The van der Waals surface area contributed by atoms with E-state index in [1.54, 1.807) is 4.68 Å². The van der Waals surface area contributed by atoms with Gasteiger partial charge >= 0.3 is 0 Å². The van der Waals surface area contributed by atoms with Crippen LogP contribution in [0.3, 0.4) is 0 Å². The quantitative estimate of drug-likeness (QED) is 0.835. The largest absolute Gasteiger partial charge is 0.383 e. The maximum absolute atomic E-state index is 9.14. The minimum atomic E-state index is -0.213. The highest BCUT2D eigenvalue weighted by Gasteiger charge is 2.25. The molecule has 1 aliphatic rings. The smallest absolute Gasteiger partial charge is 0.168 e. The highest BCUT2D eigenvalue weighted by atomic mass is 15.4. The predicted octanol–water partition coefficient (Wildman–Crippen LogP) is 1.91. The fourth-order valence-corrected chi connectivity index (χ4v) is 1.74. The van der Waals surface area contributed by atoms with Crippen molar-refractivity contribution >= 4 is 11.6 Å². The predicted molar refractivity (Wildman–Crippen MR) is 67.6 cm³/mol. The number of rotatable bonds is 3. The lowest BCUT2D eigenvalue weighted by atomic mass is 10.1. The summed E-state index contributed by atoms with van der Waals surface area (Å²) in [5.41, 5.74) is 6.21. The second-order valence-corrected chi connectivity index (χ2v) is 5.63. The zero-order valence-corrected chi connectivity index (χ0v) is 10.6. The summed E-state index contributed by atoms with van der Waals surface area (Å²) in [6, 6.07) is 2.13. The van der Waals surface area contributed by atoms with E-state index >= 15 is 0 Å². The van der Waals surface area contributed by atoms with Crippen molar-refractivity contribution in [3.05, 3.63) is 5.56 Å². The third-order valence-electron chi connectivity index (χ3n) is 2.92. The van der Waals surface area contributed by atoms with Crippen molar-refractivity contribution in [2.75, 3.05) is 17.6 Å². The molecular weight excluding hydrogens is 214 g/mol. The Morgan fingerprint density at radius 2 is 2.18 bits per heavy atom. The summed E-state index contributed by atoms with van der Waals surface area (Å²) in [5, 5.41) is 16.8. The molecule has 1 aliphatic carbocycles. The van der Waals surface area contributed by atoms with Crippen molar-refractivity contribution in [3.8, 4) is 6.07 Å². The molecule has 0 aromatic carbocycles. The molecule has 0 aliphatic heterocycles. The Bertz CT molecular complexity index is 456. The van der Waals surface area contributed by atoms with Gasteiger partial charge in [-0.05, 0) is 39.5 Å². The van der Waals surface area contributed by atoms with Gasteiger partial charge < -0.3 is 11.1 Å². The molecule has 0 saturated heterocycles. The van der Waals surface area contributed by atoms with Crippen LogP contribution in [0.15, 0.2) is 0 Å². The third kappa shape index (κ3) is 2.36. The molecule has 3 N–H and O–H groups in total. The summed E-state index contributed by atoms with van der Waals surface area (Å²) < 4.78 is 1.71. The van der Waals surface area contributed by atoms with Gasteiger partial charge in [0.05, 0.1) is 5.54 Å². The first-order valence-electron chi connectivity index (χ1n) is 5.96. The van der Waals surface area contributed by atoms with E-state index in [9.17, 15) is 0 Å². The van der Waals surface area contributed by atoms with Crippen LogP contribution in [0.5, 0.6) is 0 Å². The molecular formula is C12H19N5. The Morgan fingerprint density at radius 1 is 1.53 bits per heavy atom. The van der Waals surface area contributed by atoms with E-state index in [0.717, 1.165) is 12.5 Å². The molecule has 1 heterocycles. The van der Waals surface area contributed by atoms with E-state index in [0.29, 0.717) is 17.2 Å². The van der Waals surface area contributed by atoms with Gasteiger partial charge in [-0.1, -0.05) is 0 Å². The monoisotopic (exact) mass is 233 g/mol. The average Bonchev–Trinajstić information content (AvgIpc) is 2.98. The molecule has 17 heavy (non-hydrogen) atoms. The van der Waals surface area contributed by atoms with Crippen LogP contribution in [-0.2, 0) is 5.54 Å². The zero-order valence-electron chi connectivity index (χ0n) is 10.6. The van der Waals surface area contributed by atoms with E-state index in [1.807, 2.05) is 20.8 Å². The van der Waals surface area contributed by atoms with Crippen LogP contribution in [0.4, 0.5) is 11.6 Å². The van der Waals surface area contributed by atoms with Gasteiger partial charge in [0.15, 0.2) is 5.82 Å². The fraction of sp³-hybridized carbons (Fsp3) is 0.667. The Labute approximate surface area is 102 Å². The summed E-state index contributed by atoms with van der Waals surface area (Å²) in [6.07, 6.45) is 2.54. The molecule has 5 nitrogen and oxygen atoms in total. The van der Waals surface area contributed by atoms with Crippen LogP contribution >= 0.6 is 0 Å². The molecule has 1 fully saturated rings. The molecule has 2 rings (SSSR count). The summed E-state index contributed by atoms with van der Waals surface area (Å²) >= 11 is 0. The number of nitrogens with one attached hydrogen (secondary N) is 1. The molecule has 0 amide bonds. The number of nitriles is 1. The molecule has 1 aromatic heterocycles. The zero-order chi connectivity index (χ0) is 12.6. The Balaban J connectivity index is 2.27. The lowest BCUT2D eigenvalue weighted by molar-refractivity contribution is 0.362. The number of anilines is 2. The molecule has 5 heteroatoms. The molecule has 92 valence electrons. The summed E-state index contributed by atoms with van der Waals surface area (Å²) in [6.45, 7) is 6.93. The van der Waals surface area contributed by atoms with Crippen LogP contribution in [0.2, 0.25) is 0 Å². The lowest BCUT2D eigenvalue weighted by Crippen LogP contribution is -2.25. The van der Waals surface area contributed by atoms with Crippen LogP contribution < -0.4 is 11.1 Å². The van der Waals surface area contributed by atoms with Gasteiger partial charge in [-0.15, -0.1) is 0 Å². The lowest BCUT2D eigenvalue weighted by Gasteiger charge is -2.20. The van der Waals surface area contributed by atoms with Gasteiger partial charge in [-0.3, -0.25) is 0 Å². The number of hydrogen-bond acceptors (Lipinski definition) is 4. The van der Waals surface area contributed by atoms with E-state index in [4.69, 9.17) is 11.0 Å². The van der Waals surface area contributed by atoms with Gasteiger partial charge in [-0.25, -0.2) is 4.68 Å². The highest BCUT2D eigenvalue weighted by molar-refractivity contribution is 5.64. The van der Waals surface area contributed by atoms with E-state index in [2.05, 4.69) is 16.5 Å². The van der Waals surface area contributed by atoms with E-state index < -0.39 is 0 Å². The first-order chi connectivity index (χ1) is 7.93. The molecule has 0 atom stereocenters. The van der Waals surface area contributed by atoms with Gasteiger partial charge in [0.1, 0.15) is 17.5 Å². The maximum atomic E-state index is 9.14. The maximum Gasteiger partial charge on any atom is 0.168 e. The normalized spacial score (nSPS) is 15.6. The number of nitrogens with two attached hydrogens (primary N) is 1. The first kappa shape index (κ1) is 11.8. The fourth-order valence-electron chi connectivity index (χ4n) is 1.74. The number of nitrogens with zero attached hydrogens (tertiary/aromatic N) is 3. The minimum Gasteiger partial charge on any atom is -0.383 e. The van der Waals surface area contributed by atoms with Crippen molar-refractivity contribution in [1.82, 2.24) is 9.78 Å². The van der Waals surface area contributed by atoms with Gasteiger partial charge in [-0.2, -0.15) is 10.4 Å².